The smallest absolute Gasteiger partial charge is 0.383 e. The highest BCUT2D eigenvalue weighted by Gasteiger charge is 2.34. The molecule has 2 heterocycles. The lowest BCUT2D eigenvalue weighted by Gasteiger charge is -2.00. The average Bonchev–Trinajstić information content (AvgIpc) is 2.66. The summed E-state index contributed by atoms with van der Waals surface area (Å²) < 4.78 is 37.0. The Morgan fingerprint density at radius 3 is 2.56 bits per heavy atom. The van der Waals surface area contributed by atoms with Gasteiger partial charge in [0.2, 0.25) is 0 Å². The summed E-state index contributed by atoms with van der Waals surface area (Å²) in [5.74, 6) is 0.194. The number of nitrogens with zero attached hydrogens (tertiary/aromatic N) is 2. The van der Waals surface area contributed by atoms with Crippen molar-refractivity contribution in [2.24, 2.45) is 0 Å². The number of nitrogen functional groups attached to an aromatic ring is 1. The lowest BCUT2D eigenvalue weighted by molar-refractivity contribution is -0.137. The predicted octanol–water partition coefficient (Wildman–Crippen LogP) is 2.81. The lowest BCUT2D eigenvalue weighted by Crippen LogP contribution is -2.02. The van der Waals surface area contributed by atoms with Crippen LogP contribution in [-0.2, 0) is 6.18 Å². The van der Waals surface area contributed by atoms with Gasteiger partial charge in [0.1, 0.15) is 5.82 Å². The van der Waals surface area contributed by atoms with E-state index in [0.717, 1.165) is 6.20 Å². The summed E-state index contributed by atoms with van der Waals surface area (Å²) >= 11 is 0.551. The summed E-state index contributed by atoms with van der Waals surface area (Å²) in [6.07, 6.45) is -1.79. The van der Waals surface area contributed by atoms with Crippen molar-refractivity contribution in [2.45, 2.75) is 6.18 Å². The van der Waals surface area contributed by atoms with Crippen LogP contribution in [0.4, 0.5) is 19.0 Å². The highest BCUT2D eigenvalue weighted by atomic mass is 32.1. The van der Waals surface area contributed by atoms with Crippen molar-refractivity contribution in [3.63, 3.8) is 0 Å². The van der Waals surface area contributed by atoms with Gasteiger partial charge in [-0.05, 0) is 12.1 Å². The fourth-order valence-corrected chi connectivity index (χ4v) is 1.97. The van der Waals surface area contributed by atoms with Gasteiger partial charge >= 0.3 is 6.18 Å². The van der Waals surface area contributed by atoms with Crippen molar-refractivity contribution in [3.05, 3.63) is 29.5 Å². The molecule has 0 unspecified atom stereocenters. The second kappa shape index (κ2) is 3.75. The minimum atomic E-state index is -4.42. The van der Waals surface area contributed by atoms with Crippen LogP contribution in [0, 0.1) is 0 Å². The maximum Gasteiger partial charge on any atom is 0.443 e. The molecule has 3 nitrogen and oxygen atoms in total. The number of thiazole rings is 1. The number of hydrogen-bond acceptors (Lipinski definition) is 4. The number of pyridine rings is 1. The van der Waals surface area contributed by atoms with Gasteiger partial charge in [0.25, 0.3) is 0 Å². The van der Waals surface area contributed by atoms with E-state index in [1.54, 1.807) is 12.1 Å². The Balaban J connectivity index is 2.44. The molecule has 0 aliphatic heterocycles. The summed E-state index contributed by atoms with van der Waals surface area (Å²) in [7, 11) is 0. The lowest BCUT2D eigenvalue weighted by atomic mass is 10.2. The molecule has 0 aliphatic rings. The number of hydrogen-bond donors (Lipinski definition) is 1. The highest BCUT2D eigenvalue weighted by molar-refractivity contribution is 7.15. The first-order valence-corrected chi connectivity index (χ1v) is 5.04. The summed E-state index contributed by atoms with van der Waals surface area (Å²) in [6, 6.07) is 3.22. The molecule has 2 aromatic rings. The molecular weight excluding hydrogens is 239 g/mol. The number of aromatic nitrogens is 2. The Hall–Kier alpha value is -1.63. The van der Waals surface area contributed by atoms with Gasteiger partial charge in [0.15, 0.2) is 5.01 Å². The summed E-state index contributed by atoms with van der Waals surface area (Å²) in [5.41, 5.74) is 6.03. The molecule has 0 bridgehead atoms. The first-order valence-electron chi connectivity index (χ1n) is 4.22. The Labute approximate surface area is 92.8 Å². The van der Waals surface area contributed by atoms with Crippen LogP contribution in [0.1, 0.15) is 5.01 Å². The van der Waals surface area contributed by atoms with Gasteiger partial charge in [-0.15, -0.1) is 11.3 Å². The Kier molecular flexibility index (Phi) is 2.55. The molecule has 0 saturated carbocycles. The molecule has 0 amide bonds. The predicted molar refractivity (Wildman–Crippen MR) is 54.8 cm³/mol. The largest absolute Gasteiger partial charge is 0.443 e. The van der Waals surface area contributed by atoms with Gasteiger partial charge in [0.05, 0.1) is 4.88 Å². The molecule has 0 fully saturated rings. The molecule has 0 aliphatic carbocycles. The Bertz CT molecular complexity index is 507. The third kappa shape index (κ3) is 1.99. The number of nitrogens with two attached hydrogens (primary N) is 1. The monoisotopic (exact) mass is 245 g/mol. The summed E-state index contributed by atoms with van der Waals surface area (Å²) in [6.45, 7) is 0. The first kappa shape index (κ1) is 10.9. The zero-order valence-corrected chi connectivity index (χ0v) is 8.64. The third-order valence-corrected chi connectivity index (χ3v) is 2.93. The van der Waals surface area contributed by atoms with E-state index in [1.165, 1.54) is 6.20 Å². The molecule has 2 aromatic heterocycles. The van der Waals surface area contributed by atoms with Crippen LogP contribution in [0.25, 0.3) is 10.4 Å². The summed E-state index contributed by atoms with van der Waals surface area (Å²) in [4.78, 5) is 7.48. The first-order chi connectivity index (χ1) is 7.48. The van der Waals surface area contributed by atoms with Crippen molar-refractivity contribution in [3.8, 4) is 10.4 Å². The van der Waals surface area contributed by atoms with Gasteiger partial charge in [-0.1, -0.05) is 0 Å². The topological polar surface area (TPSA) is 51.8 Å². The highest BCUT2D eigenvalue weighted by Crippen LogP contribution is 2.37. The van der Waals surface area contributed by atoms with E-state index in [1.807, 2.05) is 0 Å². The van der Waals surface area contributed by atoms with E-state index in [0.29, 0.717) is 21.8 Å². The van der Waals surface area contributed by atoms with Crippen LogP contribution in [0.3, 0.4) is 0 Å². The van der Waals surface area contributed by atoms with Gasteiger partial charge in [-0.2, -0.15) is 13.2 Å². The van der Waals surface area contributed by atoms with Crippen molar-refractivity contribution in [1.82, 2.24) is 9.97 Å². The van der Waals surface area contributed by atoms with Crippen molar-refractivity contribution < 1.29 is 13.2 Å². The van der Waals surface area contributed by atoms with Crippen LogP contribution in [0.15, 0.2) is 24.5 Å². The molecular formula is C9H6F3N3S. The van der Waals surface area contributed by atoms with Crippen LogP contribution < -0.4 is 5.73 Å². The van der Waals surface area contributed by atoms with E-state index >= 15 is 0 Å². The molecule has 2 N–H and O–H groups in total. The number of anilines is 1. The fraction of sp³-hybridized carbons (Fsp3) is 0.111. The quantitative estimate of drug-likeness (QED) is 0.840. The minimum Gasteiger partial charge on any atom is -0.383 e. The van der Waals surface area contributed by atoms with Gasteiger partial charge < -0.3 is 5.73 Å². The SMILES string of the molecule is Nc1ncccc1-c1cnc(C(F)(F)F)s1. The standard InChI is InChI=1S/C9H6F3N3S/c10-9(11,12)8-15-4-6(16-8)5-2-1-3-14-7(5)13/h1-4H,(H2,13,14). The van der Waals surface area contributed by atoms with Gasteiger partial charge in [0, 0.05) is 18.0 Å². The Morgan fingerprint density at radius 1 is 1.25 bits per heavy atom. The van der Waals surface area contributed by atoms with E-state index in [-0.39, 0.29) is 5.82 Å². The van der Waals surface area contributed by atoms with E-state index in [2.05, 4.69) is 9.97 Å². The van der Waals surface area contributed by atoms with Crippen molar-refractivity contribution >= 4 is 17.2 Å². The molecule has 0 radical (unpaired) electrons. The molecule has 7 heteroatoms. The van der Waals surface area contributed by atoms with Gasteiger partial charge in [-0.25, -0.2) is 9.97 Å². The van der Waals surface area contributed by atoms with Crippen LogP contribution in [-0.4, -0.2) is 9.97 Å². The number of alkyl halides is 3. The Morgan fingerprint density at radius 2 is 2.00 bits per heavy atom. The maximum absolute atomic E-state index is 12.3. The molecule has 0 aromatic carbocycles. The zero-order chi connectivity index (χ0) is 11.8. The summed E-state index contributed by atoms with van der Waals surface area (Å²) in [5, 5.41) is -0.884. The molecule has 0 spiro atoms. The second-order valence-corrected chi connectivity index (χ2v) is 3.99. The minimum absolute atomic E-state index is 0.194. The molecule has 84 valence electrons. The van der Waals surface area contributed by atoms with E-state index < -0.39 is 11.2 Å². The molecule has 0 saturated heterocycles. The molecule has 2 rings (SSSR count). The second-order valence-electron chi connectivity index (χ2n) is 2.96. The van der Waals surface area contributed by atoms with Crippen molar-refractivity contribution in [1.29, 1.82) is 0 Å². The van der Waals surface area contributed by atoms with E-state index in [4.69, 9.17) is 5.73 Å². The van der Waals surface area contributed by atoms with Crippen LogP contribution >= 0.6 is 11.3 Å². The average molecular weight is 245 g/mol. The number of rotatable bonds is 1. The molecule has 0 atom stereocenters. The zero-order valence-electron chi connectivity index (χ0n) is 7.82. The van der Waals surface area contributed by atoms with Crippen molar-refractivity contribution in [2.75, 3.05) is 5.73 Å². The fourth-order valence-electron chi connectivity index (χ4n) is 1.16. The number of halogens is 3. The third-order valence-electron chi connectivity index (χ3n) is 1.85. The van der Waals surface area contributed by atoms with Gasteiger partial charge in [-0.3, -0.25) is 0 Å². The van der Waals surface area contributed by atoms with Crippen LogP contribution in [0.5, 0.6) is 0 Å². The van der Waals surface area contributed by atoms with Crippen LogP contribution in [0.2, 0.25) is 0 Å². The maximum atomic E-state index is 12.3. The normalized spacial score (nSPS) is 11.7. The van der Waals surface area contributed by atoms with E-state index in [9.17, 15) is 13.2 Å². The molecule has 16 heavy (non-hydrogen) atoms.